The minimum absolute atomic E-state index is 0.221. The lowest BCUT2D eigenvalue weighted by Gasteiger charge is -2.35. The number of hydrogen-bond acceptors (Lipinski definition) is 2. The van der Waals surface area contributed by atoms with Gasteiger partial charge in [-0.1, -0.05) is 31.4 Å². The first kappa shape index (κ1) is 13.1. The summed E-state index contributed by atoms with van der Waals surface area (Å²) in [5, 5.41) is 0. The van der Waals surface area contributed by atoms with Gasteiger partial charge in [0.05, 0.1) is 12.0 Å². The number of fused-ring (bicyclic) bond motifs is 1. The predicted molar refractivity (Wildman–Crippen MR) is 73.3 cm³/mol. The summed E-state index contributed by atoms with van der Waals surface area (Å²) >= 11 is 0. The summed E-state index contributed by atoms with van der Waals surface area (Å²) < 4.78 is 6.07. The fraction of sp³-hybridized carbons (Fsp3) is 0.562. The third-order valence-corrected chi connectivity index (χ3v) is 3.64. The van der Waals surface area contributed by atoms with Crippen molar-refractivity contribution in [1.82, 2.24) is 0 Å². The van der Waals surface area contributed by atoms with Gasteiger partial charge in [0.2, 0.25) is 0 Å². The van der Waals surface area contributed by atoms with Crippen LogP contribution in [0.2, 0.25) is 0 Å². The summed E-state index contributed by atoms with van der Waals surface area (Å²) in [6.45, 7) is 6.25. The minimum atomic E-state index is -0.311. The van der Waals surface area contributed by atoms with Gasteiger partial charge in [0.15, 0.2) is 5.78 Å². The molecule has 2 heteroatoms. The molecule has 0 spiro atoms. The summed E-state index contributed by atoms with van der Waals surface area (Å²) in [5.74, 6) is 0.981. The van der Waals surface area contributed by atoms with E-state index in [2.05, 4.69) is 13.8 Å². The Balaban J connectivity index is 2.17. The van der Waals surface area contributed by atoms with Gasteiger partial charge in [0.1, 0.15) is 11.4 Å². The molecule has 2 nitrogen and oxygen atoms in total. The Morgan fingerprint density at radius 1 is 1.33 bits per heavy atom. The van der Waals surface area contributed by atoms with Gasteiger partial charge in [-0.3, -0.25) is 4.79 Å². The monoisotopic (exact) mass is 246 g/mol. The Hall–Kier alpha value is -1.31. The molecule has 0 saturated heterocycles. The van der Waals surface area contributed by atoms with E-state index < -0.39 is 0 Å². The van der Waals surface area contributed by atoms with Crippen LogP contribution in [0.4, 0.5) is 0 Å². The van der Waals surface area contributed by atoms with Gasteiger partial charge in [-0.25, -0.2) is 0 Å². The van der Waals surface area contributed by atoms with Crippen LogP contribution >= 0.6 is 0 Å². The molecule has 1 aromatic carbocycles. The van der Waals surface area contributed by atoms with Crippen LogP contribution in [0.1, 0.15) is 61.9 Å². The largest absolute Gasteiger partial charge is 0.486 e. The van der Waals surface area contributed by atoms with Crippen LogP contribution in [0.3, 0.4) is 0 Å². The molecule has 98 valence electrons. The maximum atomic E-state index is 12.2. The zero-order chi connectivity index (χ0) is 13.2. The summed E-state index contributed by atoms with van der Waals surface area (Å²) in [5.41, 5.74) is 1.55. The first-order valence-electron chi connectivity index (χ1n) is 6.87. The topological polar surface area (TPSA) is 26.3 Å². The molecular weight excluding hydrogens is 224 g/mol. The van der Waals surface area contributed by atoms with Crippen molar-refractivity contribution < 1.29 is 9.53 Å². The average Bonchev–Trinajstić information content (AvgIpc) is 2.31. The van der Waals surface area contributed by atoms with Crippen molar-refractivity contribution in [3.63, 3.8) is 0 Å². The number of benzene rings is 1. The molecule has 0 fully saturated rings. The lowest BCUT2D eigenvalue weighted by molar-refractivity contribution is 0.0453. The van der Waals surface area contributed by atoms with Crippen LogP contribution in [0.25, 0.3) is 0 Å². The van der Waals surface area contributed by atoms with Crippen molar-refractivity contribution in [2.45, 2.75) is 58.5 Å². The quantitative estimate of drug-likeness (QED) is 0.740. The number of carbonyl (C=O) groups excluding carboxylic acids is 1. The standard InChI is InChI=1S/C16H22O2/c1-4-5-6-9-16(3)11-14(17)13-10-12(2)7-8-15(13)18-16/h7-8,10H,4-6,9,11H2,1-3H3. The molecule has 1 aromatic rings. The fourth-order valence-electron chi connectivity index (χ4n) is 2.58. The van der Waals surface area contributed by atoms with Crippen molar-refractivity contribution >= 4 is 5.78 Å². The van der Waals surface area contributed by atoms with Crippen molar-refractivity contribution in [2.75, 3.05) is 0 Å². The van der Waals surface area contributed by atoms with Crippen molar-refractivity contribution in [3.05, 3.63) is 29.3 Å². The Morgan fingerprint density at radius 2 is 2.11 bits per heavy atom. The van der Waals surface area contributed by atoms with E-state index in [1.54, 1.807) is 0 Å². The van der Waals surface area contributed by atoms with E-state index in [1.165, 1.54) is 12.8 Å². The molecule has 1 atom stereocenters. The predicted octanol–water partition coefficient (Wildman–Crippen LogP) is 4.30. The van der Waals surface area contributed by atoms with Crippen LogP contribution in [-0.2, 0) is 0 Å². The number of aryl methyl sites for hydroxylation is 1. The molecule has 0 radical (unpaired) electrons. The normalized spacial score (nSPS) is 22.5. The summed E-state index contributed by atoms with van der Waals surface area (Å²) in [6.07, 6.45) is 4.99. The number of Topliss-reactive ketones (excluding diaryl/α,β-unsaturated/α-hetero) is 1. The summed E-state index contributed by atoms with van der Waals surface area (Å²) in [6, 6.07) is 5.87. The van der Waals surface area contributed by atoms with Gasteiger partial charge in [-0.2, -0.15) is 0 Å². The maximum Gasteiger partial charge on any atom is 0.170 e. The Kier molecular flexibility index (Phi) is 3.74. The van der Waals surface area contributed by atoms with Gasteiger partial charge in [0, 0.05) is 0 Å². The molecule has 1 unspecified atom stereocenters. The van der Waals surface area contributed by atoms with Crippen molar-refractivity contribution in [1.29, 1.82) is 0 Å². The molecule has 0 aromatic heterocycles. The van der Waals surface area contributed by atoms with Crippen molar-refractivity contribution in [3.8, 4) is 5.75 Å². The highest BCUT2D eigenvalue weighted by Gasteiger charge is 2.35. The Bertz CT molecular complexity index is 450. The number of unbranched alkanes of at least 4 members (excludes halogenated alkanes) is 2. The first-order valence-corrected chi connectivity index (χ1v) is 6.87. The molecular formula is C16H22O2. The van der Waals surface area contributed by atoms with E-state index in [1.807, 2.05) is 25.1 Å². The van der Waals surface area contributed by atoms with Crippen LogP contribution in [0.15, 0.2) is 18.2 Å². The zero-order valence-corrected chi connectivity index (χ0v) is 11.6. The molecule has 18 heavy (non-hydrogen) atoms. The second-order valence-corrected chi connectivity index (χ2v) is 5.61. The number of ether oxygens (including phenoxy) is 1. The second kappa shape index (κ2) is 5.13. The first-order chi connectivity index (χ1) is 8.54. The highest BCUT2D eigenvalue weighted by molar-refractivity contribution is 6.00. The molecule has 0 amide bonds. The third kappa shape index (κ3) is 2.74. The van der Waals surface area contributed by atoms with Crippen molar-refractivity contribution in [2.24, 2.45) is 0 Å². The number of carbonyl (C=O) groups is 1. The van der Waals surface area contributed by atoms with Crippen LogP contribution in [0.5, 0.6) is 5.75 Å². The molecule has 0 bridgehead atoms. The number of rotatable bonds is 4. The molecule has 0 N–H and O–H groups in total. The van der Waals surface area contributed by atoms with Gasteiger partial charge in [-0.15, -0.1) is 0 Å². The van der Waals surface area contributed by atoms with E-state index >= 15 is 0 Å². The third-order valence-electron chi connectivity index (χ3n) is 3.64. The molecule has 1 aliphatic heterocycles. The van der Waals surface area contributed by atoms with E-state index in [9.17, 15) is 4.79 Å². The molecule has 0 aliphatic carbocycles. The zero-order valence-electron chi connectivity index (χ0n) is 11.6. The average molecular weight is 246 g/mol. The Labute approximate surface area is 109 Å². The second-order valence-electron chi connectivity index (χ2n) is 5.61. The van der Waals surface area contributed by atoms with E-state index in [-0.39, 0.29) is 11.4 Å². The van der Waals surface area contributed by atoms with Gasteiger partial charge < -0.3 is 4.74 Å². The maximum absolute atomic E-state index is 12.2. The molecule has 1 aliphatic rings. The Morgan fingerprint density at radius 3 is 2.83 bits per heavy atom. The number of ketones is 1. The fourth-order valence-corrected chi connectivity index (χ4v) is 2.58. The summed E-state index contributed by atoms with van der Waals surface area (Å²) in [4.78, 5) is 12.2. The number of hydrogen-bond donors (Lipinski definition) is 0. The lowest BCUT2D eigenvalue weighted by Crippen LogP contribution is -2.39. The highest BCUT2D eigenvalue weighted by atomic mass is 16.5. The minimum Gasteiger partial charge on any atom is -0.486 e. The lowest BCUT2D eigenvalue weighted by atomic mass is 9.87. The van der Waals surface area contributed by atoms with E-state index in [0.717, 1.165) is 29.7 Å². The van der Waals surface area contributed by atoms with Crippen LogP contribution in [0, 0.1) is 6.92 Å². The van der Waals surface area contributed by atoms with Crippen LogP contribution in [-0.4, -0.2) is 11.4 Å². The van der Waals surface area contributed by atoms with Gasteiger partial charge >= 0.3 is 0 Å². The van der Waals surface area contributed by atoms with Gasteiger partial charge in [-0.05, 0) is 38.8 Å². The molecule has 0 saturated carbocycles. The van der Waals surface area contributed by atoms with E-state index in [0.29, 0.717) is 6.42 Å². The van der Waals surface area contributed by atoms with E-state index in [4.69, 9.17) is 4.74 Å². The van der Waals surface area contributed by atoms with Crippen LogP contribution < -0.4 is 4.74 Å². The van der Waals surface area contributed by atoms with Gasteiger partial charge in [0.25, 0.3) is 0 Å². The highest BCUT2D eigenvalue weighted by Crippen LogP contribution is 2.36. The summed E-state index contributed by atoms with van der Waals surface area (Å²) in [7, 11) is 0. The SMILES string of the molecule is CCCCCC1(C)CC(=O)c2cc(C)ccc2O1. The molecule has 1 heterocycles. The smallest absolute Gasteiger partial charge is 0.170 e. The molecule has 2 rings (SSSR count).